The fourth-order valence-electron chi connectivity index (χ4n) is 3.29. The van der Waals surface area contributed by atoms with Crippen LogP contribution in [0.15, 0.2) is 27.6 Å². The first-order chi connectivity index (χ1) is 9.39. The lowest BCUT2D eigenvalue weighted by Gasteiger charge is -2.19. The number of sulfonamides is 1. The molecule has 0 aromatic heterocycles. The smallest absolute Gasteiger partial charge is 0.244 e. The number of hydrogen-bond acceptors (Lipinski definition) is 3. The van der Waals surface area contributed by atoms with Gasteiger partial charge in [0.1, 0.15) is 4.90 Å². The normalized spacial score (nSPS) is 29.2. The highest BCUT2D eigenvalue weighted by atomic mass is 79.9. The van der Waals surface area contributed by atoms with Crippen molar-refractivity contribution in [3.8, 4) is 0 Å². The summed E-state index contributed by atoms with van der Waals surface area (Å²) in [6, 6.07) is 4.98. The van der Waals surface area contributed by atoms with E-state index >= 15 is 0 Å². The maximum atomic E-state index is 12.7. The zero-order valence-corrected chi connectivity index (χ0v) is 15.2. The monoisotopic (exact) mass is 414 g/mol. The van der Waals surface area contributed by atoms with Crippen molar-refractivity contribution in [1.82, 2.24) is 4.31 Å². The summed E-state index contributed by atoms with van der Waals surface area (Å²) >= 11 is 9.37. The Morgan fingerprint density at radius 1 is 1.29 bits per heavy atom. The van der Waals surface area contributed by atoms with Gasteiger partial charge in [-0.1, -0.05) is 27.5 Å². The lowest BCUT2D eigenvalue weighted by molar-refractivity contribution is 0.427. The summed E-state index contributed by atoms with van der Waals surface area (Å²) in [4.78, 5) is 0.177. The summed E-state index contributed by atoms with van der Waals surface area (Å²) in [5.41, 5.74) is 6.06. The predicted octanol–water partition coefficient (Wildman–Crippen LogP) is 2.88. The second-order valence-electron chi connectivity index (χ2n) is 5.56. The molecule has 21 heavy (non-hydrogen) atoms. The van der Waals surface area contributed by atoms with Gasteiger partial charge < -0.3 is 5.73 Å². The molecule has 1 heterocycles. The van der Waals surface area contributed by atoms with Crippen LogP contribution in [0.1, 0.15) is 12.8 Å². The average Bonchev–Trinajstić information content (AvgIpc) is 2.92. The van der Waals surface area contributed by atoms with E-state index in [1.54, 1.807) is 18.2 Å². The Balaban J connectivity index is 0.00000161. The van der Waals surface area contributed by atoms with Gasteiger partial charge >= 0.3 is 0 Å². The first-order valence-corrected chi connectivity index (χ1v) is 9.21. The molecule has 0 amide bonds. The lowest BCUT2D eigenvalue weighted by atomic mass is 9.98. The fourth-order valence-corrected chi connectivity index (χ4v) is 5.83. The van der Waals surface area contributed by atoms with Gasteiger partial charge in [-0.15, -0.1) is 12.4 Å². The van der Waals surface area contributed by atoms with Crippen molar-refractivity contribution in [2.45, 2.75) is 23.8 Å². The fraction of sp³-hybridized carbons (Fsp3) is 0.538. The molecule has 2 aliphatic rings. The van der Waals surface area contributed by atoms with E-state index in [9.17, 15) is 8.42 Å². The molecule has 0 bridgehead atoms. The van der Waals surface area contributed by atoms with Crippen LogP contribution in [0, 0.1) is 11.8 Å². The lowest BCUT2D eigenvalue weighted by Crippen LogP contribution is -2.33. The van der Waals surface area contributed by atoms with Crippen LogP contribution in [0.5, 0.6) is 0 Å². The second-order valence-corrected chi connectivity index (χ2v) is 8.79. The minimum absolute atomic E-state index is 0. The highest BCUT2D eigenvalue weighted by molar-refractivity contribution is 9.10. The third-order valence-electron chi connectivity index (χ3n) is 4.39. The van der Waals surface area contributed by atoms with Gasteiger partial charge in [0.05, 0.1) is 5.02 Å². The summed E-state index contributed by atoms with van der Waals surface area (Å²) in [5.74, 6) is 0.688. The standard InChI is InChI=1S/C13H16BrClN2O2S.ClH/c14-9-2-4-13(11(15)5-9)20(18,19)17-6-8-1-3-12(16)10(8)7-17;/h2,4-5,8,10,12H,1,3,6-7,16H2;1H. The Kier molecular flexibility index (Phi) is 5.28. The number of halogens is 3. The highest BCUT2D eigenvalue weighted by Crippen LogP contribution is 2.40. The van der Waals surface area contributed by atoms with Gasteiger partial charge in [0, 0.05) is 23.6 Å². The third kappa shape index (κ3) is 3.12. The number of nitrogens with zero attached hydrogens (tertiary/aromatic N) is 1. The zero-order chi connectivity index (χ0) is 14.5. The Labute approximate surface area is 144 Å². The summed E-state index contributed by atoms with van der Waals surface area (Å²) < 4.78 is 27.7. The van der Waals surface area contributed by atoms with Crippen molar-refractivity contribution in [1.29, 1.82) is 0 Å². The van der Waals surface area contributed by atoms with Gasteiger partial charge in [0.15, 0.2) is 0 Å². The molecule has 8 heteroatoms. The molecule has 0 spiro atoms. The highest BCUT2D eigenvalue weighted by Gasteiger charge is 2.45. The van der Waals surface area contributed by atoms with Gasteiger partial charge in [-0.25, -0.2) is 8.42 Å². The molecule has 3 rings (SSSR count). The van der Waals surface area contributed by atoms with Crippen molar-refractivity contribution >= 4 is 50.0 Å². The predicted molar refractivity (Wildman–Crippen MR) is 89.3 cm³/mol. The molecule has 2 fully saturated rings. The van der Waals surface area contributed by atoms with E-state index in [0.29, 0.717) is 24.9 Å². The first-order valence-electron chi connectivity index (χ1n) is 6.60. The molecule has 1 aliphatic carbocycles. The van der Waals surface area contributed by atoms with Crippen LogP contribution in [0.3, 0.4) is 0 Å². The third-order valence-corrected chi connectivity index (χ3v) is 7.20. The Bertz CT molecular complexity index is 641. The summed E-state index contributed by atoms with van der Waals surface area (Å²) in [6.07, 6.45) is 2.02. The van der Waals surface area contributed by atoms with E-state index in [-0.39, 0.29) is 28.4 Å². The number of nitrogens with two attached hydrogens (primary N) is 1. The van der Waals surface area contributed by atoms with E-state index in [1.165, 1.54) is 4.31 Å². The van der Waals surface area contributed by atoms with Crippen molar-refractivity contribution in [3.63, 3.8) is 0 Å². The average molecular weight is 416 g/mol. The Morgan fingerprint density at radius 3 is 2.62 bits per heavy atom. The van der Waals surface area contributed by atoms with E-state index in [4.69, 9.17) is 17.3 Å². The van der Waals surface area contributed by atoms with E-state index in [2.05, 4.69) is 15.9 Å². The van der Waals surface area contributed by atoms with Gasteiger partial charge in [-0.05, 0) is 42.9 Å². The summed E-state index contributed by atoms with van der Waals surface area (Å²) in [6.45, 7) is 1.08. The minimum Gasteiger partial charge on any atom is -0.327 e. The van der Waals surface area contributed by atoms with Crippen LogP contribution in [-0.4, -0.2) is 31.9 Å². The van der Waals surface area contributed by atoms with Crippen LogP contribution in [0.2, 0.25) is 5.02 Å². The SMILES string of the molecule is Cl.NC1CCC2CN(S(=O)(=O)c3ccc(Br)cc3Cl)CC12. The van der Waals surface area contributed by atoms with Crippen molar-refractivity contribution < 1.29 is 8.42 Å². The maximum absolute atomic E-state index is 12.7. The molecule has 1 saturated heterocycles. The van der Waals surface area contributed by atoms with Crippen molar-refractivity contribution in [2.24, 2.45) is 17.6 Å². The van der Waals surface area contributed by atoms with Crippen LogP contribution < -0.4 is 5.73 Å². The van der Waals surface area contributed by atoms with Crippen LogP contribution in [0.25, 0.3) is 0 Å². The number of benzene rings is 1. The molecule has 1 saturated carbocycles. The van der Waals surface area contributed by atoms with Gasteiger partial charge in [0.25, 0.3) is 0 Å². The van der Waals surface area contributed by atoms with Crippen LogP contribution >= 0.6 is 39.9 Å². The van der Waals surface area contributed by atoms with Gasteiger partial charge in [-0.3, -0.25) is 0 Å². The van der Waals surface area contributed by atoms with Crippen LogP contribution in [-0.2, 0) is 10.0 Å². The molecule has 4 nitrogen and oxygen atoms in total. The molecule has 1 aromatic carbocycles. The molecule has 1 aromatic rings. The van der Waals surface area contributed by atoms with Gasteiger partial charge in [-0.2, -0.15) is 4.31 Å². The second kappa shape index (κ2) is 6.34. The molecule has 3 atom stereocenters. The zero-order valence-electron chi connectivity index (χ0n) is 11.2. The molecule has 3 unspecified atom stereocenters. The minimum atomic E-state index is -3.53. The number of hydrogen-bond donors (Lipinski definition) is 1. The van der Waals surface area contributed by atoms with Gasteiger partial charge in [0.2, 0.25) is 10.0 Å². The maximum Gasteiger partial charge on any atom is 0.244 e. The molecule has 2 N–H and O–H groups in total. The largest absolute Gasteiger partial charge is 0.327 e. The topological polar surface area (TPSA) is 63.4 Å². The van der Waals surface area contributed by atoms with E-state index < -0.39 is 10.0 Å². The Hall–Kier alpha value is 0.150. The number of fused-ring (bicyclic) bond motifs is 1. The van der Waals surface area contributed by atoms with E-state index in [1.807, 2.05) is 0 Å². The van der Waals surface area contributed by atoms with E-state index in [0.717, 1.165) is 17.3 Å². The number of rotatable bonds is 2. The van der Waals surface area contributed by atoms with Crippen molar-refractivity contribution in [2.75, 3.05) is 13.1 Å². The van der Waals surface area contributed by atoms with Crippen molar-refractivity contribution in [3.05, 3.63) is 27.7 Å². The first kappa shape index (κ1) is 17.5. The molecular formula is C13H17BrCl2N2O2S. The summed E-state index contributed by atoms with van der Waals surface area (Å²) in [7, 11) is -3.53. The molecule has 0 radical (unpaired) electrons. The molecule has 1 aliphatic heterocycles. The Morgan fingerprint density at radius 2 is 2.00 bits per heavy atom. The summed E-state index contributed by atoms with van der Waals surface area (Å²) in [5, 5.41) is 0.251. The molecular weight excluding hydrogens is 399 g/mol. The quantitative estimate of drug-likeness (QED) is 0.807. The molecule has 118 valence electrons. The van der Waals surface area contributed by atoms with Crippen LogP contribution in [0.4, 0.5) is 0 Å².